The van der Waals surface area contributed by atoms with Crippen LogP contribution in [0, 0.1) is 13.8 Å². The molecule has 3 aromatic heterocycles. The number of aromatic nitrogens is 4. The van der Waals surface area contributed by atoms with Crippen LogP contribution in [-0.4, -0.2) is 25.1 Å². The van der Waals surface area contributed by atoms with E-state index in [1.54, 1.807) is 22.9 Å². The van der Waals surface area contributed by atoms with Crippen molar-refractivity contribution in [3.63, 3.8) is 0 Å². The lowest BCUT2D eigenvalue weighted by atomic mass is 10.1. The average Bonchev–Trinajstić information content (AvgIpc) is 3.23. The second kappa shape index (κ2) is 8.13. The highest BCUT2D eigenvalue weighted by atomic mass is 35.5. The first-order valence-corrected chi connectivity index (χ1v) is 10.3. The molecule has 3 heterocycles. The third-order valence-electron chi connectivity index (χ3n) is 4.89. The summed E-state index contributed by atoms with van der Waals surface area (Å²) in [6, 6.07) is 11.6. The predicted molar refractivity (Wildman–Crippen MR) is 119 cm³/mol. The van der Waals surface area contributed by atoms with Crippen molar-refractivity contribution in [2.75, 3.05) is 0 Å². The van der Waals surface area contributed by atoms with Crippen LogP contribution in [0.1, 0.15) is 35.6 Å². The first-order valence-electron chi connectivity index (χ1n) is 9.56. The number of imidazole rings is 1. The number of aryl methyl sites for hydroxylation is 2. The molecule has 4 aromatic rings. The number of carbonyl (C=O) groups is 1. The van der Waals surface area contributed by atoms with Crippen molar-refractivity contribution in [2.24, 2.45) is 0 Å². The standard InChI is InChI=1S/C22H21Cl2N5O/c1-13-8-14(2)29(27-13)19-6-4-16(5-7-19)15(3)25-21(30)10-18-12-28-11-17(23)9-20(24)22(28)26-18/h4-9,11-12,15H,10H2,1-3H3,(H,25,30)/t15-/m0/s1. The van der Waals surface area contributed by atoms with Crippen LogP contribution in [0.25, 0.3) is 11.3 Å². The van der Waals surface area contributed by atoms with Crippen LogP contribution in [0.2, 0.25) is 10.0 Å². The van der Waals surface area contributed by atoms with E-state index >= 15 is 0 Å². The summed E-state index contributed by atoms with van der Waals surface area (Å²) < 4.78 is 3.64. The maximum Gasteiger partial charge on any atom is 0.226 e. The first-order chi connectivity index (χ1) is 14.3. The SMILES string of the molecule is Cc1cc(C)n(-c2ccc([C@H](C)NC(=O)Cc3cn4cc(Cl)cc(Cl)c4n3)cc2)n1. The number of nitrogens with one attached hydrogen (secondary N) is 1. The van der Waals surface area contributed by atoms with E-state index in [0.717, 1.165) is 22.6 Å². The minimum Gasteiger partial charge on any atom is -0.349 e. The predicted octanol–water partition coefficient (Wildman–Crippen LogP) is 4.86. The molecule has 4 rings (SSSR count). The summed E-state index contributed by atoms with van der Waals surface area (Å²) >= 11 is 12.2. The van der Waals surface area contributed by atoms with Crippen LogP contribution in [0.5, 0.6) is 0 Å². The molecule has 0 aliphatic rings. The van der Waals surface area contributed by atoms with Crippen LogP contribution >= 0.6 is 23.2 Å². The fourth-order valence-corrected chi connectivity index (χ4v) is 4.02. The Hall–Kier alpha value is -2.83. The van der Waals surface area contributed by atoms with Crippen molar-refractivity contribution < 1.29 is 4.79 Å². The van der Waals surface area contributed by atoms with Crippen LogP contribution in [-0.2, 0) is 11.2 Å². The molecule has 0 saturated heterocycles. The molecule has 1 aromatic carbocycles. The molecule has 1 atom stereocenters. The van der Waals surface area contributed by atoms with Crippen LogP contribution in [0.3, 0.4) is 0 Å². The smallest absolute Gasteiger partial charge is 0.226 e. The second-order valence-electron chi connectivity index (χ2n) is 7.37. The number of hydrogen-bond donors (Lipinski definition) is 1. The van der Waals surface area contributed by atoms with Gasteiger partial charge in [-0.3, -0.25) is 4.79 Å². The van der Waals surface area contributed by atoms with E-state index in [9.17, 15) is 4.79 Å². The molecule has 1 amide bonds. The molecule has 6 nitrogen and oxygen atoms in total. The summed E-state index contributed by atoms with van der Waals surface area (Å²) in [5.41, 5.74) is 5.27. The molecule has 0 radical (unpaired) electrons. The fraction of sp³-hybridized carbons (Fsp3) is 0.227. The molecule has 30 heavy (non-hydrogen) atoms. The average molecular weight is 442 g/mol. The minimum absolute atomic E-state index is 0.115. The topological polar surface area (TPSA) is 64.2 Å². The van der Waals surface area contributed by atoms with Gasteiger partial charge < -0.3 is 9.72 Å². The summed E-state index contributed by atoms with van der Waals surface area (Å²) in [5.74, 6) is -0.115. The summed E-state index contributed by atoms with van der Waals surface area (Å²) in [7, 11) is 0. The summed E-state index contributed by atoms with van der Waals surface area (Å²) in [6.07, 6.45) is 3.63. The lowest BCUT2D eigenvalue weighted by molar-refractivity contribution is -0.121. The highest BCUT2D eigenvalue weighted by Crippen LogP contribution is 2.22. The number of pyridine rings is 1. The molecular weight excluding hydrogens is 421 g/mol. The van der Waals surface area contributed by atoms with Crippen LogP contribution in [0.15, 0.2) is 48.8 Å². The molecule has 154 valence electrons. The molecule has 0 bridgehead atoms. The van der Waals surface area contributed by atoms with E-state index in [4.69, 9.17) is 23.2 Å². The van der Waals surface area contributed by atoms with Gasteiger partial charge in [0.15, 0.2) is 5.65 Å². The van der Waals surface area contributed by atoms with Gasteiger partial charge in [0.1, 0.15) is 0 Å². The van der Waals surface area contributed by atoms with E-state index in [0.29, 0.717) is 21.4 Å². The normalized spacial score (nSPS) is 12.3. The number of fused-ring (bicyclic) bond motifs is 1. The van der Waals surface area contributed by atoms with Gasteiger partial charge in [0.05, 0.1) is 39.6 Å². The third kappa shape index (κ3) is 4.20. The molecule has 8 heteroatoms. The molecule has 0 fully saturated rings. The molecule has 0 unspecified atom stereocenters. The second-order valence-corrected chi connectivity index (χ2v) is 8.21. The lowest BCUT2D eigenvalue weighted by Gasteiger charge is -2.15. The summed E-state index contributed by atoms with van der Waals surface area (Å²) in [6.45, 7) is 5.95. The number of halogens is 2. The van der Waals surface area contributed by atoms with Crippen molar-refractivity contribution in [1.29, 1.82) is 0 Å². The largest absolute Gasteiger partial charge is 0.349 e. The van der Waals surface area contributed by atoms with Gasteiger partial charge in [0.2, 0.25) is 5.91 Å². The Morgan fingerprint density at radius 1 is 1.13 bits per heavy atom. The van der Waals surface area contributed by atoms with Gasteiger partial charge in [-0.2, -0.15) is 5.10 Å². The molecule has 0 saturated carbocycles. The number of carbonyl (C=O) groups excluding carboxylic acids is 1. The maximum absolute atomic E-state index is 12.5. The Balaban J connectivity index is 1.43. The van der Waals surface area contributed by atoms with Crippen molar-refractivity contribution in [1.82, 2.24) is 24.5 Å². The monoisotopic (exact) mass is 441 g/mol. The van der Waals surface area contributed by atoms with Crippen molar-refractivity contribution in [2.45, 2.75) is 33.2 Å². The number of amides is 1. The molecular formula is C22H21Cl2N5O. The number of benzene rings is 1. The van der Waals surface area contributed by atoms with Crippen LogP contribution < -0.4 is 5.32 Å². The Morgan fingerprint density at radius 3 is 2.53 bits per heavy atom. The van der Waals surface area contributed by atoms with Gasteiger partial charge in [-0.15, -0.1) is 0 Å². The van der Waals surface area contributed by atoms with E-state index < -0.39 is 0 Å². The van der Waals surface area contributed by atoms with Gasteiger partial charge in [-0.25, -0.2) is 9.67 Å². The maximum atomic E-state index is 12.5. The minimum atomic E-state index is -0.137. The summed E-state index contributed by atoms with van der Waals surface area (Å²) in [5, 5.41) is 8.48. The zero-order valence-electron chi connectivity index (χ0n) is 16.9. The number of hydrogen-bond acceptors (Lipinski definition) is 3. The Morgan fingerprint density at radius 2 is 1.87 bits per heavy atom. The van der Waals surface area contributed by atoms with Gasteiger partial charge in [-0.1, -0.05) is 35.3 Å². The highest BCUT2D eigenvalue weighted by Gasteiger charge is 2.14. The number of nitrogens with zero attached hydrogens (tertiary/aromatic N) is 4. The highest BCUT2D eigenvalue weighted by molar-refractivity contribution is 6.36. The molecule has 0 aliphatic carbocycles. The first kappa shape index (κ1) is 20.4. The van der Waals surface area contributed by atoms with E-state index in [1.807, 2.05) is 55.8 Å². The Kier molecular flexibility index (Phi) is 5.54. The van der Waals surface area contributed by atoms with Gasteiger partial charge in [0, 0.05) is 18.1 Å². The molecule has 0 aliphatic heterocycles. The van der Waals surface area contributed by atoms with Gasteiger partial charge in [-0.05, 0) is 50.6 Å². The van der Waals surface area contributed by atoms with Gasteiger partial charge >= 0.3 is 0 Å². The van der Waals surface area contributed by atoms with Crippen LogP contribution in [0.4, 0.5) is 0 Å². The lowest BCUT2D eigenvalue weighted by Crippen LogP contribution is -2.28. The quantitative estimate of drug-likeness (QED) is 0.480. The zero-order valence-corrected chi connectivity index (χ0v) is 18.4. The zero-order chi connectivity index (χ0) is 21.4. The van der Waals surface area contributed by atoms with E-state index in [-0.39, 0.29) is 18.4 Å². The Bertz CT molecular complexity index is 1230. The summed E-state index contributed by atoms with van der Waals surface area (Å²) in [4.78, 5) is 17.0. The molecule has 0 spiro atoms. The van der Waals surface area contributed by atoms with Crippen molar-refractivity contribution in [3.8, 4) is 5.69 Å². The number of rotatable bonds is 5. The molecule has 1 N–H and O–H groups in total. The van der Waals surface area contributed by atoms with E-state index in [2.05, 4.69) is 15.4 Å². The van der Waals surface area contributed by atoms with E-state index in [1.165, 1.54) is 0 Å². The fourth-order valence-electron chi connectivity index (χ4n) is 3.50. The van der Waals surface area contributed by atoms with Gasteiger partial charge in [0.25, 0.3) is 0 Å². The van der Waals surface area contributed by atoms with Crippen molar-refractivity contribution >= 4 is 34.8 Å². The Labute approximate surface area is 184 Å². The third-order valence-corrected chi connectivity index (χ3v) is 5.37. The van der Waals surface area contributed by atoms with Crippen molar-refractivity contribution in [3.05, 3.63) is 81.5 Å².